The van der Waals surface area contributed by atoms with E-state index >= 15 is 0 Å². The SMILES string of the molecule is C=CCCC(=O)N(C)[C@@H](COCCC(C)(C)O)C(=O)O. The van der Waals surface area contributed by atoms with Gasteiger partial charge in [-0.05, 0) is 26.7 Å². The van der Waals surface area contributed by atoms with E-state index < -0.39 is 17.6 Å². The predicted molar refractivity (Wildman–Crippen MR) is 75.4 cm³/mol. The van der Waals surface area contributed by atoms with Crippen LogP contribution < -0.4 is 0 Å². The van der Waals surface area contributed by atoms with Crippen molar-refractivity contribution >= 4 is 11.9 Å². The summed E-state index contributed by atoms with van der Waals surface area (Å²) in [6, 6.07) is -1.02. The van der Waals surface area contributed by atoms with Crippen LogP contribution >= 0.6 is 0 Å². The standard InChI is InChI=1S/C14H25NO5/c1-5-6-7-12(16)15(4)11(13(17)18)10-20-9-8-14(2,3)19/h5,11,19H,1,6-10H2,2-4H3,(H,17,18)/t11-/m0/s1. The molecular weight excluding hydrogens is 262 g/mol. The highest BCUT2D eigenvalue weighted by Crippen LogP contribution is 2.08. The zero-order valence-electron chi connectivity index (χ0n) is 12.5. The minimum Gasteiger partial charge on any atom is -0.480 e. The Kier molecular flexibility index (Phi) is 8.10. The summed E-state index contributed by atoms with van der Waals surface area (Å²) < 4.78 is 5.25. The Hall–Kier alpha value is -1.40. The number of aliphatic carboxylic acids is 1. The normalized spacial score (nSPS) is 12.8. The molecule has 116 valence electrons. The highest BCUT2D eigenvalue weighted by molar-refractivity contribution is 5.83. The molecule has 0 aliphatic carbocycles. The van der Waals surface area contributed by atoms with Gasteiger partial charge in [0.1, 0.15) is 0 Å². The summed E-state index contributed by atoms with van der Waals surface area (Å²) in [6.07, 6.45) is 2.75. The van der Waals surface area contributed by atoms with E-state index in [9.17, 15) is 14.7 Å². The quantitative estimate of drug-likeness (QED) is 0.463. The average Bonchev–Trinajstić information content (AvgIpc) is 2.33. The molecule has 0 aromatic rings. The molecule has 0 aliphatic rings. The Bertz CT molecular complexity index is 335. The van der Waals surface area contributed by atoms with Crippen molar-refractivity contribution in [2.45, 2.75) is 44.8 Å². The molecule has 0 unspecified atom stereocenters. The van der Waals surface area contributed by atoms with Gasteiger partial charge in [-0.2, -0.15) is 0 Å². The van der Waals surface area contributed by atoms with Gasteiger partial charge in [-0.15, -0.1) is 6.58 Å². The molecule has 0 rings (SSSR count). The minimum absolute atomic E-state index is 0.0955. The van der Waals surface area contributed by atoms with Gasteiger partial charge in [0.15, 0.2) is 6.04 Å². The number of carbonyl (C=O) groups excluding carboxylic acids is 1. The van der Waals surface area contributed by atoms with Crippen LogP contribution in [0.3, 0.4) is 0 Å². The molecule has 0 fully saturated rings. The monoisotopic (exact) mass is 287 g/mol. The van der Waals surface area contributed by atoms with Gasteiger partial charge >= 0.3 is 5.97 Å². The number of carboxylic acids is 1. The van der Waals surface area contributed by atoms with Crippen LogP contribution in [-0.4, -0.2) is 58.9 Å². The fraction of sp³-hybridized carbons (Fsp3) is 0.714. The Morgan fingerprint density at radius 2 is 2.05 bits per heavy atom. The predicted octanol–water partition coefficient (Wildman–Crippen LogP) is 1.04. The summed E-state index contributed by atoms with van der Waals surface area (Å²) in [4.78, 5) is 24.1. The number of ether oxygens (including phenoxy) is 1. The molecule has 0 heterocycles. The van der Waals surface area contributed by atoms with Gasteiger partial charge in [-0.3, -0.25) is 4.79 Å². The first-order valence-electron chi connectivity index (χ1n) is 6.58. The number of hydrogen-bond donors (Lipinski definition) is 2. The van der Waals surface area contributed by atoms with Crippen molar-refractivity contribution in [1.82, 2.24) is 4.90 Å². The first-order chi connectivity index (χ1) is 9.19. The van der Waals surface area contributed by atoms with E-state index in [1.165, 1.54) is 11.9 Å². The van der Waals surface area contributed by atoms with Crippen LogP contribution in [0.25, 0.3) is 0 Å². The van der Waals surface area contributed by atoms with Crippen molar-refractivity contribution in [1.29, 1.82) is 0 Å². The van der Waals surface area contributed by atoms with Crippen molar-refractivity contribution in [2.75, 3.05) is 20.3 Å². The first kappa shape index (κ1) is 18.6. The molecule has 0 spiro atoms. The summed E-state index contributed by atoms with van der Waals surface area (Å²) in [6.45, 7) is 6.96. The maximum atomic E-state index is 11.8. The van der Waals surface area contributed by atoms with Gasteiger partial charge in [0, 0.05) is 20.1 Å². The van der Waals surface area contributed by atoms with Crippen LogP contribution in [0.4, 0.5) is 0 Å². The lowest BCUT2D eigenvalue weighted by molar-refractivity contribution is -0.151. The molecule has 0 radical (unpaired) electrons. The van der Waals surface area contributed by atoms with Gasteiger partial charge in [0.05, 0.1) is 12.2 Å². The zero-order valence-corrected chi connectivity index (χ0v) is 12.5. The third-order valence-corrected chi connectivity index (χ3v) is 2.84. The van der Waals surface area contributed by atoms with Crippen molar-refractivity contribution in [3.8, 4) is 0 Å². The highest BCUT2D eigenvalue weighted by atomic mass is 16.5. The van der Waals surface area contributed by atoms with E-state index in [0.717, 1.165) is 0 Å². The first-order valence-corrected chi connectivity index (χ1v) is 6.58. The molecule has 0 aromatic carbocycles. The van der Waals surface area contributed by atoms with E-state index in [1.54, 1.807) is 19.9 Å². The Morgan fingerprint density at radius 3 is 2.50 bits per heavy atom. The van der Waals surface area contributed by atoms with E-state index in [0.29, 0.717) is 12.8 Å². The summed E-state index contributed by atoms with van der Waals surface area (Å²) in [5.74, 6) is -1.37. The van der Waals surface area contributed by atoms with Crippen molar-refractivity contribution in [2.24, 2.45) is 0 Å². The largest absolute Gasteiger partial charge is 0.480 e. The molecule has 1 atom stereocenters. The molecular formula is C14H25NO5. The van der Waals surface area contributed by atoms with Crippen LogP contribution in [0.15, 0.2) is 12.7 Å². The van der Waals surface area contributed by atoms with E-state index in [4.69, 9.17) is 9.84 Å². The van der Waals surface area contributed by atoms with Gasteiger partial charge in [0.2, 0.25) is 5.91 Å². The summed E-state index contributed by atoms with van der Waals surface area (Å²) >= 11 is 0. The lowest BCUT2D eigenvalue weighted by Crippen LogP contribution is -2.45. The second-order valence-corrected chi connectivity index (χ2v) is 5.32. The number of likely N-dealkylation sites (N-methyl/N-ethyl adjacent to an activating group) is 1. The average molecular weight is 287 g/mol. The van der Waals surface area contributed by atoms with Crippen molar-refractivity contribution in [3.63, 3.8) is 0 Å². The number of nitrogens with zero attached hydrogens (tertiary/aromatic N) is 1. The molecule has 6 nitrogen and oxygen atoms in total. The van der Waals surface area contributed by atoms with Crippen molar-refractivity contribution < 1.29 is 24.5 Å². The summed E-state index contributed by atoms with van der Waals surface area (Å²) in [7, 11) is 1.45. The van der Waals surface area contributed by atoms with Crippen LogP contribution in [-0.2, 0) is 14.3 Å². The molecule has 20 heavy (non-hydrogen) atoms. The van der Waals surface area contributed by atoms with Crippen LogP contribution in [0.1, 0.15) is 33.1 Å². The molecule has 0 saturated heterocycles. The topological polar surface area (TPSA) is 87.1 Å². The minimum atomic E-state index is -1.11. The molecule has 2 N–H and O–H groups in total. The van der Waals surface area contributed by atoms with Gasteiger partial charge in [-0.1, -0.05) is 6.08 Å². The molecule has 0 aromatic heterocycles. The second-order valence-electron chi connectivity index (χ2n) is 5.32. The molecule has 0 bridgehead atoms. The van der Waals surface area contributed by atoms with E-state index in [-0.39, 0.29) is 25.5 Å². The molecule has 1 amide bonds. The summed E-state index contributed by atoms with van der Waals surface area (Å²) in [5.41, 5.74) is -0.857. The van der Waals surface area contributed by atoms with Gasteiger partial charge < -0.3 is 19.8 Å². The molecule has 0 saturated carbocycles. The zero-order chi connectivity index (χ0) is 15.8. The highest BCUT2D eigenvalue weighted by Gasteiger charge is 2.26. The number of amides is 1. The number of rotatable bonds is 10. The number of aliphatic hydroxyl groups is 1. The number of carboxylic acid groups (broad SMARTS) is 1. The number of allylic oxidation sites excluding steroid dienone is 1. The smallest absolute Gasteiger partial charge is 0.328 e. The fourth-order valence-corrected chi connectivity index (χ4v) is 1.44. The van der Waals surface area contributed by atoms with Crippen LogP contribution in [0.2, 0.25) is 0 Å². The lowest BCUT2D eigenvalue weighted by Gasteiger charge is -2.25. The second kappa shape index (κ2) is 8.71. The fourth-order valence-electron chi connectivity index (χ4n) is 1.44. The maximum Gasteiger partial charge on any atom is 0.328 e. The number of hydrogen-bond acceptors (Lipinski definition) is 4. The summed E-state index contributed by atoms with van der Waals surface area (Å²) in [5, 5.41) is 18.7. The van der Waals surface area contributed by atoms with E-state index in [1.807, 2.05) is 0 Å². The number of carbonyl (C=O) groups is 2. The third-order valence-electron chi connectivity index (χ3n) is 2.84. The Morgan fingerprint density at radius 1 is 1.45 bits per heavy atom. The van der Waals surface area contributed by atoms with Crippen LogP contribution in [0, 0.1) is 0 Å². The van der Waals surface area contributed by atoms with E-state index in [2.05, 4.69) is 6.58 Å². The maximum absolute atomic E-state index is 11.8. The lowest BCUT2D eigenvalue weighted by atomic mass is 10.1. The molecule has 0 aliphatic heterocycles. The third kappa shape index (κ3) is 7.91. The van der Waals surface area contributed by atoms with Gasteiger partial charge in [-0.25, -0.2) is 4.79 Å². The van der Waals surface area contributed by atoms with Crippen molar-refractivity contribution in [3.05, 3.63) is 12.7 Å². The van der Waals surface area contributed by atoms with Gasteiger partial charge in [0.25, 0.3) is 0 Å². The molecule has 6 heteroatoms. The Labute approximate surface area is 120 Å². The Balaban J connectivity index is 4.32. The van der Waals surface area contributed by atoms with Crippen LogP contribution in [0.5, 0.6) is 0 Å².